The second-order valence-corrected chi connectivity index (χ2v) is 9.52. The van der Waals surface area contributed by atoms with Crippen molar-refractivity contribution in [2.75, 3.05) is 20.3 Å². The molecule has 0 saturated heterocycles. The first-order chi connectivity index (χ1) is 16.4. The molecule has 1 amide bonds. The second kappa shape index (κ2) is 10.2. The maximum absolute atomic E-state index is 13.2. The average molecular weight is 479 g/mol. The fourth-order valence-electron chi connectivity index (χ4n) is 3.73. The van der Waals surface area contributed by atoms with Gasteiger partial charge >= 0.3 is 0 Å². The SMILES string of the molecule is COCCNS(=O)(=O)c1ccc(C(=O)NC(c2ccccc2)c2nc3ccccc3n2C)cc1. The van der Waals surface area contributed by atoms with Gasteiger partial charge in [-0.05, 0) is 42.0 Å². The zero-order valence-corrected chi connectivity index (χ0v) is 19.7. The van der Waals surface area contributed by atoms with Crippen molar-refractivity contribution in [2.45, 2.75) is 10.9 Å². The number of hydrogen-bond donors (Lipinski definition) is 2. The molecule has 1 unspecified atom stereocenters. The molecule has 0 fully saturated rings. The summed E-state index contributed by atoms with van der Waals surface area (Å²) in [5.41, 5.74) is 3.03. The molecular weight excluding hydrogens is 452 g/mol. The van der Waals surface area contributed by atoms with Crippen molar-refractivity contribution in [3.8, 4) is 0 Å². The monoisotopic (exact) mass is 478 g/mol. The quantitative estimate of drug-likeness (QED) is 0.360. The van der Waals surface area contributed by atoms with E-state index in [1.54, 1.807) is 0 Å². The Morgan fingerprint density at radius 1 is 1.00 bits per heavy atom. The third-order valence-corrected chi connectivity index (χ3v) is 6.99. The van der Waals surface area contributed by atoms with E-state index < -0.39 is 16.1 Å². The molecule has 0 saturated carbocycles. The third kappa shape index (κ3) is 5.01. The number of amides is 1. The summed E-state index contributed by atoms with van der Waals surface area (Å²) in [6.45, 7) is 0.431. The number of ether oxygens (including phenoxy) is 1. The van der Waals surface area contributed by atoms with E-state index in [0.717, 1.165) is 16.6 Å². The van der Waals surface area contributed by atoms with E-state index in [0.29, 0.717) is 11.4 Å². The average Bonchev–Trinajstić information content (AvgIpc) is 3.19. The minimum atomic E-state index is -3.68. The molecule has 0 aliphatic carbocycles. The van der Waals surface area contributed by atoms with Crippen molar-refractivity contribution in [2.24, 2.45) is 7.05 Å². The summed E-state index contributed by atoms with van der Waals surface area (Å²) in [5, 5.41) is 3.06. The second-order valence-electron chi connectivity index (χ2n) is 7.75. The van der Waals surface area contributed by atoms with Crippen molar-refractivity contribution < 1.29 is 17.9 Å². The Kier molecular flexibility index (Phi) is 7.06. The van der Waals surface area contributed by atoms with Gasteiger partial charge in [0.05, 0.1) is 22.5 Å². The summed E-state index contributed by atoms with van der Waals surface area (Å²) in [6, 6.07) is 22.7. The van der Waals surface area contributed by atoms with E-state index in [1.165, 1.54) is 31.4 Å². The molecule has 1 atom stereocenters. The molecule has 0 aliphatic heterocycles. The Morgan fingerprint density at radius 2 is 1.68 bits per heavy atom. The van der Waals surface area contributed by atoms with Gasteiger partial charge in [0, 0.05) is 26.3 Å². The van der Waals surface area contributed by atoms with Gasteiger partial charge in [0.2, 0.25) is 10.0 Å². The van der Waals surface area contributed by atoms with Crippen molar-refractivity contribution in [3.63, 3.8) is 0 Å². The van der Waals surface area contributed by atoms with Crippen LogP contribution in [0.2, 0.25) is 0 Å². The van der Waals surface area contributed by atoms with Crippen LogP contribution < -0.4 is 10.0 Å². The fourth-order valence-corrected chi connectivity index (χ4v) is 4.74. The van der Waals surface area contributed by atoms with Gasteiger partial charge in [-0.3, -0.25) is 4.79 Å². The minimum Gasteiger partial charge on any atom is -0.383 e. The van der Waals surface area contributed by atoms with Crippen molar-refractivity contribution in [1.29, 1.82) is 0 Å². The first kappa shape index (κ1) is 23.6. The van der Waals surface area contributed by atoms with Crippen LogP contribution in [-0.4, -0.2) is 44.1 Å². The van der Waals surface area contributed by atoms with E-state index >= 15 is 0 Å². The zero-order valence-electron chi connectivity index (χ0n) is 18.9. The van der Waals surface area contributed by atoms with Gasteiger partial charge in [0.15, 0.2) is 0 Å². The van der Waals surface area contributed by atoms with Gasteiger partial charge in [0.1, 0.15) is 11.9 Å². The molecule has 1 aromatic heterocycles. The molecule has 3 aromatic carbocycles. The van der Waals surface area contributed by atoms with Crippen LogP contribution in [0, 0.1) is 0 Å². The Balaban J connectivity index is 1.61. The Labute approximate surface area is 198 Å². The van der Waals surface area contributed by atoms with Crippen LogP contribution in [0.15, 0.2) is 83.8 Å². The number of aromatic nitrogens is 2. The van der Waals surface area contributed by atoms with Gasteiger partial charge < -0.3 is 14.6 Å². The molecular formula is C25H26N4O4S. The molecule has 9 heteroatoms. The lowest BCUT2D eigenvalue weighted by molar-refractivity contribution is 0.0941. The number of sulfonamides is 1. The van der Waals surface area contributed by atoms with Crippen molar-refractivity contribution in [1.82, 2.24) is 19.6 Å². The number of fused-ring (bicyclic) bond motifs is 1. The molecule has 0 radical (unpaired) electrons. The third-order valence-electron chi connectivity index (χ3n) is 5.51. The van der Waals surface area contributed by atoms with E-state index in [1.807, 2.05) is 66.2 Å². The van der Waals surface area contributed by atoms with E-state index in [-0.39, 0.29) is 24.0 Å². The number of para-hydroxylation sites is 2. The van der Waals surface area contributed by atoms with Gasteiger partial charge in [-0.15, -0.1) is 0 Å². The number of imidazole rings is 1. The minimum absolute atomic E-state index is 0.0788. The molecule has 2 N–H and O–H groups in total. The highest BCUT2D eigenvalue weighted by molar-refractivity contribution is 7.89. The summed E-state index contributed by atoms with van der Waals surface area (Å²) < 4.78 is 34.1. The lowest BCUT2D eigenvalue weighted by Crippen LogP contribution is -2.31. The first-order valence-electron chi connectivity index (χ1n) is 10.8. The molecule has 4 rings (SSSR count). The Bertz CT molecular complexity index is 1380. The van der Waals surface area contributed by atoms with Crippen LogP contribution in [0.3, 0.4) is 0 Å². The largest absolute Gasteiger partial charge is 0.383 e. The smallest absolute Gasteiger partial charge is 0.252 e. The van der Waals surface area contributed by atoms with Crippen LogP contribution in [-0.2, 0) is 21.8 Å². The van der Waals surface area contributed by atoms with E-state index in [2.05, 4.69) is 10.0 Å². The fraction of sp³-hybridized carbons (Fsp3) is 0.200. The van der Waals surface area contributed by atoms with Crippen LogP contribution in [0.1, 0.15) is 27.8 Å². The Morgan fingerprint density at radius 3 is 2.35 bits per heavy atom. The van der Waals surface area contributed by atoms with Crippen LogP contribution in [0.25, 0.3) is 11.0 Å². The molecule has 8 nitrogen and oxygen atoms in total. The van der Waals surface area contributed by atoms with Gasteiger partial charge in [0.25, 0.3) is 5.91 Å². The van der Waals surface area contributed by atoms with Gasteiger partial charge in [-0.2, -0.15) is 0 Å². The van der Waals surface area contributed by atoms with Crippen LogP contribution in [0.5, 0.6) is 0 Å². The number of methoxy groups -OCH3 is 1. The van der Waals surface area contributed by atoms with Crippen LogP contribution in [0.4, 0.5) is 0 Å². The molecule has 176 valence electrons. The summed E-state index contributed by atoms with van der Waals surface area (Å²) >= 11 is 0. The maximum Gasteiger partial charge on any atom is 0.252 e. The summed E-state index contributed by atoms with van der Waals surface area (Å²) in [6.07, 6.45) is 0. The molecule has 0 bridgehead atoms. The number of nitrogens with zero attached hydrogens (tertiary/aromatic N) is 2. The number of carbonyl (C=O) groups excluding carboxylic acids is 1. The van der Waals surface area contributed by atoms with Crippen LogP contribution >= 0.6 is 0 Å². The molecule has 4 aromatic rings. The molecule has 0 aliphatic rings. The van der Waals surface area contributed by atoms with E-state index in [9.17, 15) is 13.2 Å². The summed E-state index contributed by atoms with van der Waals surface area (Å²) in [5.74, 6) is 0.361. The predicted octanol–water partition coefficient (Wildman–Crippen LogP) is 3.02. The number of rotatable bonds is 9. The van der Waals surface area contributed by atoms with Gasteiger partial charge in [-0.1, -0.05) is 42.5 Å². The van der Waals surface area contributed by atoms with Gasteiger partial charge in [-0.25, -0.2) is 18.1 Å². The Hall–Kier alpha value is -3.53. The maximum atomic E-state index is 13.2. The lowest BCUT2D eigenvalue weighted by Gasteiger charge is -2.19. The van der Waals surface area contributed by atoms with Crippen molar-refractivity contribution in [3.05, 3.63) is 95.8 Å². The summed E-state index contributed by atoms with van der Waals surface area (Å²) in [4.78, 5) is 18.0. The predicted molar refractivity (Wildman–Crippen MR) is 130 cm³/mol. The molecule has 1 heterocycles. The highest BCUT2D eigenvalue weighted by Crippen LogP contribution is 2.25. The number of aryl methyl sites for hydroxylation is 1. The zero-order chi connectivity index (χ0) is 24.1. The highest BCUT2D eigenvalue weighted by Gasteiger charge is 2.23. The topological polar surface area (TPSA) is 102 Å². The number of nitrogens with one attached hydrogen (secondary N) is 2. The molecule has 34 heavy (non-hydrogen) atoms. The standard InChI is InChI=1S/C25H26N4O4S/c1-29-22-11-7-6-10-21(22)27-24(29)23(18-8-4-3-5-9-18)28-25(30)19-12-14-20(15-13-19)34(31,32)26-16-17-33-2/h3-15,23,26H,16-17H2,1-2H3,(H,28,30). The summed E-state index contributed by atoms with van der Waals surface area (Å²) in [7, 11) is -0.262. The highest BCUT2D eigenvalue weighted by atomic mass is 32.2. The number of benzene rings is 3. The molecule has 0 spiro atoms. The number of carbonyl (C=O) groups is 1. The normalized spacial score (nSPS) is 12.5. The van der Waals surface area contributed by atoms with E-state index in [4.69, 9.17) is 9.72 Å². The van der Waals surface area contributed by atoms with Crippen molar-refractivity contribution >= 4 is 27.0 Å². The lowest BCUT2D eigenvalue weighted by atomic mass is 10.1. The first-order valence-corrected chi connectivity index (χ1v) is 12.2. The number of hydrogen-bond acceptors (Lipinski definition) is 5.